The van der Waals surface area contributed by atoms with Crippen molar-refractivity contribution < 1.29 is 26.6 Å². The average molecular weight is 390 g/mol. The number of nitrogens with two attached hydrogens (primary N) is 2. The van der Waals surface area contributed by atoms with E-state index in [0.29, 0.717) is 35.8 Å². The lowest BCUT2D eigenvalue weighted by atomic mass is 10.0. The van der Waals surface area contributed by atoms with Gasteiger partial charge in [-0.1, -0.05) is 5.16 Å². The largest absolute Gasteiger partial charge is 0.418 e. The van der Waals surface area contributed by atoms with Gasteiger partial charge in [-0.3, -0.25) is 14.8 Å². The molecular weight excluding hydrogens is 368 g/mol. The fourth-order valence-electron chi connectivity index (χ4n) is 2.60. The zero-order valence-electron chi connectivity index (χ0n) is 14.2. The van der Waals surface area contributed by atoms with Crippen LogP contribution in [-0.2, 0) is 26.0 Å². The highest BCUT2D eigenvalue weighted by Crippen LogP contribution is 2.27. The normalized spacial score (nSPS) is 19.0. The first kappa shape index (κ1) is 20.1. The molecule has 1 aliphatic heterocycles. The van der Waals surface area contributed by atoms with Crippen molar-refractivity contribution in [2.45, 2.75) is 44.3 Å². The van der Waals surface area contributed by atoms with E-state index in [1.54, 1.807) is 13.1 Å². The molecule has 1 aromatic heterocycles. The lowest BCUT2D eigenvalue weighted by Crippen LogP contribution is -2.35. The van der Waals surface area contributed by atoms with Crippen LogP contribution >= 0.6 is 0 Å². The first-order valence-corrected chi connectivity index (χ1v) is 9.18. The molecule has 0 radical (unpaired) electrons. The van der Waals surface area contributed by atoms with Crippen molar-refractivity contribution in [1.82, 2.24) is 15.1 Å². The van der Waals surface area contributed by atoms with E-state index < -0.39 is 28.4 Å². The van der Waals surface area contributed by atoms with E-state index in [0.717, 1.165) is 0 Å². The number of carbonyl (C=O) groups is 1. The lowest BCUT2D eigenvalue weighted by Gasteiger charge is -2.22. The Morgan fingerprint density at radius 1 is 1.65 bits per heavy atom. The predicted molar refractivity (Wildman–Crippen MR) is 88.5 cm³/mol. The summed E-state index contributed by atoms with van der Waals surface area (Å²) in [5.74, 6) is -0.144. The fourth-order valence-corrected chi connectivity index (χ4v) is 3.01. The Labute approximate surface area is 150 Å². The summed E-state index contributed by atoms with van der Waals surface area (Å²) in [6.07, 6.45) is 1.27. The molecule has 6 N–H and O–H groups in total. The molecule has 1 saturated heterocycles. The molecule has 1 amide bonds. The van der Waals surface area contributed by atoms with Crippen LogP contribution in [0.2, 0.25) is 0 Å². The van der Waals surface area contributed by atoms with Gasteiger partial charge in [-0.15, -0.1) is 4.28 Å². The molecule has 0 bridgehead atoms. The van der Waals surface area contributed by atoms with Gasteiger partial charge in [0.05, 0.1) is 18.6 Å². The molecule has 2 rings (SSSR count). The minimum atomic E-state index is -4.77. The van der Waals surface area contributed by atoms with Gasteiger partial charge in [-0.2, -0.15) is 13.5 Å². The van der Waals surface area contributed by atoms with Gasteiger partial charge >= 0.3 is 10.4 Å². The van der Waals surface area contributed by atoms with E-state index in [9.17, 15) is 13.2 Å². The quantitative estimate of drug-likeness (QED) is 0.256. The maximum absolute atomic E-state index is 11.7. The molecule has 1 aliphatic rings. The van der Waals surface area contributed by atoms with E-state index in [1.165, 1.54) is 4.90 Å². The van der Waals surface area contributed by atoms with E-state index in [2.05, 4.69) is 9.44 Å². The zero-order valence-corrected chi connectivity index (χ0v) is 15.0. The van der Waals surface area contributed by atoms with Crippen molar-refractivity contribution >= 4 is 22.3 Å². The number of hydrogen-bond acceptors (Lipinski definition) is 8. The summed E-state index contributed by atoms with van der Waals surface area (Å²) in [6, 6.07) is 0.639. The monoisotopic (exact) mass is 390 g/mol. The van der Waals surface area contributed by atoms with Gasteiger partial charge in [0, 0.05) is 19.5 Å². The molecule has 13 heteroatoms. The second-order valence-corrected chi connectivity index (χ2v) is 7.06. The zero-order chi connectivity index (χ0) is 19.5. The van der Waals surface area contributed by atoms with Crippen molar-refractivity contribution in [2.24, 2.45) is 11.5 Å². The van der Waals surface area contributed by atoms with Crippen LogP contribution in [0, 0.1) is 5.41 Å². The number of amides is 1. The second-order valence-electron chi connectivity index (χ2n) is 6.06. The molecule has 0 saturated carbocycles. The number of hydrogen-bond donors (Lipinski definition) is 4. The molecule has 0 spiro atoms. The Balaban J connectivity index is 1.92. The van der Waals surface area contributed by atoms with Crippen LogP contribution in [0.1, 0.15) is 43.2 Å². The minimum absolute atomic E-state index is 0.114. The molecule has 12 nitrogen and oxygen atoms in total. The Kier molecular flexibility index (Phi) is 6.17. The van der Waals surface area contributed by atoms with Crippen molar-refractivity contribution in [3.63, 3.8) is 0 Å². The van der Waals surface area contributed by atoms with Gasteiger partial charge < -0.3 is 20.9 Å². The number of rotatable bonds is 8. The summed E-state index contributed by atoms with van der Waals surface area (Å²) in [7, 11) is -3.13. The van der Waals surface area contributed by atoms with Gasteiger partial charge in [-0.05, 0) is 19.3 Å². The molecule has 1 aromatic rings. The molecule has 1 fully saturated rings. The number of nitrogens with zero attached hydrogens (tertiary/aromatic N) is 3. The highest BCUT2D eigenvalue weighted by atomic mass is 32.3. The van der Waals surface area contributed by atoms with Crippen LogP contribution in [0.5, 0.6) is 0 Å². The van der Waals surface area contributed by atoms with Gasteiger partial charge in [0.15, 0.2) is 11.7 Å². The first-order valence-electron chi connectivity index (χ1n) is 7.82. The van der Waals surface area contributed by atoms with Gasteiger partial charge in [0.1, 0.15) is 5.69 Å². The third kappa shape index (κ3) is 5.39. The number of carbonyl (C=O) groups excluding carboxylic acids is 1. The summed E-state index contributed by atoms with van der Waals surface area (Å²) < 4.78 is 39.9. The van der Waals surface area contributed by atoms with Gasteiger partial charge in [0.2, 0.25) is 5.91 Å². The SMILES string of the molecule is CN(Cc1cc([C@@H](N)CC[C@@H]2CCC(=O)N2OS(=O)(=O)O)no1)C(=N)N. The second kappa shape index (κ2) is 7.99. The Morgan fingerprint density at radius 2 is 2.35 bits per heavy atom. The van der Waals surface area contributed by atoms with Crippen LogP contribution < -0.4 is 11.5 Å². The molecule has 0 aliphatic carbocycles. The van der Waals surface area contributed by atoms with E-state index in [4.69, 9.17) is 26.0 Å². The third-order valence-electron chi connectivity index (χ3n) is 4.02. The number of hydroxylamine groups is 2. The van der Waals surface area contributed by atoms with E-state index in [1.807, 2.05) is 0 Å². The molecule has 146 valence electrons. The predicted octanol–water partition coefficient (Wildman–Crippen LogP) is -0.495. The highest BCUT2D eigenvalue weighted by molar-refractivity contribution is 7.80. The maximum Gasteiger partial charge on any atom is 0.418 e. The topological polar surface area (TPSA) is 189 Å². The summed E-state index contributed by atoms with van der Waals surface area (Å²) in [5.41, 5.74) is 11.9. The molecule has 2 atom stereocenters. The Bertz CT molecular complexity index is 765. The molecule has 2 heterocycles. The maximum atomic E-state index is 11.7. The van der Waals surface area contributed by atoms with Crippen LogP contribution in [-0.4, -0.2) is 53.0 Å². The van der Waals surface area contributed by atoms with Gasteiger partial charge in [-0.25, -0.2) is 0 Å². The molecule has 0 aromatic carbocycles. The van der Waals surface area contributed by atoms with E-state index >= 15 is 0 Å². The lowest BCUT2D eigenvalue weighted by molar-refractivity contribution is -0.157. The van der Waals surface area contributed by atoms with Crippen molar-refractivity contribution in [3.8, 4) is 0 Å². The van der Waals surface area contributed by atoms with Crippen LogP contribution in [0.15, 0.2) is 10.6 Å². The smallest absolute Gasteiger partial charge is 0.370 e. The van der Waals surface area contributed by atoms with Crippen LogP contribution in [0.4, 0.5) is 0 Å². The average Bonchev–Trinajstić information content (AvgIpc) is 3.12. The number of aromatic nitrogens is 1. The Morgan fingerprint density at radius 3 is 2.96 bits per heavy atom. The summed E-state index contributed by atoms with van der Waals surface area (Å²) in [6.45, 7) is 0.266. The summed E-state index contributed by atoms with van der Waals surface area (Å²) in [5, 5.41) is 11.9. The summed E-state index contributed by atoms with van der Waals surface area (Å²) in [4.78, 5) is 13.1. The Hall–Kier alpha value is -2.22. The van der Waals surface area contributed by atoms with Gasteiger partial charge in [0.25, 0.3) is 0 Å². The fraction of sp³-hybridized carbons (Fsp3) is 0.615. The van der Waals surface area contributed by atoms with Crippen LogP contribution in [0.25, 0.3) is 0 Å². The van der Waals surface area contributed by atoms with Crippen molar-refractivity contribution in [3.05, 3.63) is 17.5 Å². The highest BCUT2D eigenvalue weighted by Gasteiger charge is 2.35. The van der Waals surface area contributed by atoms with Crippen molar-refractivity contribution in [2.75, 3.05) is 7.05 Å². The molecule has 0 unspecified atom stereocenters. The molecule has 26 heavy (non-hydrogen) atoms. The summed E-state index contributed by atoms with van der Waals surface area (Å²) >= 11 is 0. The van der Waals surface area contributed by atoms with E-state index in [-0.39, 0.29) is 18.9 Å². The third-order valence-corrected chi connectivity index (χ3v) is 4.36. The first-order chi connectivity index (χ1) is 12.1. The number of guanidine groups is 1. The minimum Gasteiger partial charge on any atom is -0.370 e. The molecular formula is C13H22N6O6S. The standard InChI is InChI=1S/C13H22N6O6S/c1-18(13(15)16)7-9-6-11(17-24-9)10(14)4-2-8-3-5-12(20)19(8)25-26(21,22)23/h6,8,10H,2-5,7,14H2,1H3,(H3,15,16)(H,21,22,23)/t8-,10+/m1/s1. The van der Waals surface area contributed by atoms with Crippen molar-refractivity contribution in [1.29, 1.82) is 5.41 Å². The number of nitrogens with one attached hydrogen (secondary N) is 1. The van der Waals surface area contributed by atoms with Crippen LogP contribution in [0.3, 0.4) is 0 Å².